The summed E-state index contributed by atoms with van der Waals surface area (Å²) in [5.41, 5.74) is 6.92. The summed E-state index contributed by atoms with van der Waals surface area (Å²) >= 11 is 0. The van der Waals surface area contributed by atoms with Gasteiger partial charge in [0.1, 0.15) is 5.75 Å². The average molecular weight is 221 g/mol. The van der Waals surface area contributed by atoms with Crippen molar-refractivity contribution in [1.29, 1.82) is 0 Å². The van der Waals surface area contributed by atoms with Gasteiger partial charge in [-0.3, -0.25) is 0 Å². The summed E-state index contributed by atoms with van der Waals surface area (Å²) in [5.74, 6) is 1.46. The van der Waals surface area contributed by atoms with Crippen LogP contribution in [0.4, 0.5) is 0 Å². The van der Waals surface area contributed by atoms with Crippen LogP contribution >= 0.6 is 0 Å². The Labute approximate surface area is 96.5 Å². The highest BCUT2D eigenvalue weighted by Crippen LogP contribution is 2.18. The van der Waals surface area contributed by atoms with E-state index < -0.39 is 0 Å². The summed E-state index contributed by atoms with van der Waals surface area (Å²) in [5, 5.41) is 0. The molecule has 1 aromatic rings. The van der Waals surface area contributed by atoms with Crippen molar-refractivity contribution in [2.75, 3.05) is 19.8 Å². The van der Waals surface area contributed by atoms with Gasteiger partial charge in [-0.25, -0.2) is 0 Å². The lowest BCUT2D eigenvalue weighted by Gasteiger charge is -2.11. The quantitative estimate of drug-likeness (QED) is 0.847. The van der Waals surface area contributed by atoms with E-state index in [1.165, 1.54) is 0 Å². The van der Waals surface area contributed by atoms with Crippen LogP contribution in [0.2, 0.25) is 0 Å². The molecule has 1 aromatic carbocycles. The van der Waals surface area contributed by atoms with Crippen molar-refractivity contribution < 1.29 is 9.47 Å². The largest absolute Gasteiger partial charge is 0.493 e. The molecule has 1 saturated heterocycles. The fraction of sp³-hybridized carbons (Fsp3) is 0.538. The van der Waals surface area contributed by atoms with Crippen LogP contribution in [0.5, 0.6) is 5.75 Å². The van der Waals surface area contributed by atoms with Crippen molar-refractivity contribution >= 4 is 0 Å². The topological polar surface area (TPSA) is 44.5 Å². The normalized spacial score (nSPS) is 22.0. The molecule has 3 heteroatoms. The summed E-state index contributed by atoms with van der Waals surface area (Å²) in [4.78, 5) is 0. The number of benzene rings is 1. The molecular formula is C13H19NO2. The Hall–Kier alpha value is -1.06. The number of rotatable bonds is 4. The molecular weight excluding hydrogens is 202 g/mol. The molecule has 1 aliphatic heterocycles. The molecule has 0 aliphatic carbocycles. The Morgan fingerprint density at radius 2 is 2.19 bits per heavy atom. The molecule has 2 atom stereocenters. The van der Waals surface area contributed by atoms with Gasteiger partial charge in [-0.15, -0.1) is 0 Å². The molecule has 2 unspecified atom stereocenters. The lowest BCUT2D eigenvalue weighted by Crippen LogP contribution is -2.11. The summed E-state index contributed by atoms with van der Waals surface area (Å²) in [7, 11) is 0. The van der Waals surface area contributed by atoms with E-state index in [1.807, 2.05) is 31.2 Å². The summed E-state index contributed by atoms with van der Waals surface area (Å²) < 4.78 is 11.0. The number of ether oxygens (including phenoxy) is 2. The molecule has 0 bridgehead atoms. The predicted molar refractivity (Wildman–Crippen MR) is 63.5 cm³/mol. The molecule has 0 saturated carbocycles. The SMILES string of the molecule is CC(N)c1ccc(OCC2CCOC2)cc1. The molecule has 1 aliphatic rings. The highest BCUT2D eigenvalue weighted by molar-refractivity contribution is 5.28. The van der Waals surface area contributed by atoms with Crippen molar-refractivity contribution in [3.8, 4) is 5.75 Å². The Morgan fingerprint density at radius 3 is 2.75 bits per heavy atom. The fourth-order valence-electron chi connectivity index (χ4n) is 1.80. The Balaban J connectivity index is 1.84. The third-order valence-electron chi connectivity index (χ3n) is 2.92. The van der Waals surface area contributed by atoms with E-state index >= 15 is 0 Å². The monoisotopic (exact) mass is 221 g/mol. The maximum Gasteiger partial charge on any atom is 0.119 e. The van der Waals surface area contributed by atoms with Crippen LogP contribution in [0.15, 0.2) is 24.3 Å². The second kappa shape index (κ2) is 5.32. The Morgan fingerprint density at radius 1 is 1.44 bits per heavy atom. The van der Waals surface area contributed by atoms with Gasteiger partial charge < -0.3 is 15.2 Å². The van der Waals surface area contributed by atoms with Crippen LogP contribution in [0.3, 0.4) is 0 Å². The number of hydrogen-bond acceptors (Lipinski definition) is 3. The smallest absolute Gasteiger partial charge is 0.119 e. The number of hydrogen-bond donors (Lipinski definition) is 1. The van der Waals surface area contributed by atoms with Crippen molar-refractivity contribution in [1.82, 2.24) is 0 Å². The minimum Gasteiger partial charge on any atom is -0.493 e. The molecule has 0 aromatic heterocycles. The van der Waals surface area contributed by atoms with Crippen LogP contribution in [-0.4, -0.2) is 19.8 Å². The Bertz CT molecular complexity index is 315. The molecule has 16 heavy (non-hydrogen) atoms. The van der Waals surface area contributed by atoms with Gasteiger partial charge in [0, 0.05) is 18.6 Å². The molecule has 1 heterocycles. The predicted octanol–water partition coefficient (Wildman–Crippen LogP) is 2.12. The highest BCUT2D eigenvalue weighted by atomic mass is 16.5. The van der Waals surface area contributed by atoms with Gasteiger partial charge >= 0.3 is 0 Å². The van der Waals surface area contributed by atoms with E-state index in [9.17, 15) is 0 Å². The third-order valence-corrected chi connectivity index (χ3v) is 2.92. The van der Waals surface area contributed by atoms with E-state index in [0.717, 1.165) is 37.6 Å². The van der Waals surface area contributed by atoms with Crippen LogP contribution in [0, 0.1) is 5.92 Å². The van der Waals surface area contributed by atoms with Crippen LogP contribution < -0.4 is 10.5 Å². The summed E-state index contributed by atoms with van der Waals surface area (Å²) in [6, 6.07) is 8.08. The lowest BCUT2D eigenvalue weighted by molar-refractivity contribution is 0.167. The van der Waals surface area contributed by atoms with Crippen molar-refractivity contribution in [3.63, 3.8) is 0 Å². The zero-order chi connectivity index (χ0) is 11.4. The van der Waals surface area contributed by atoms with E-state index in [0.29, 0.717) is 5.92 Å². The molecule has 0 radical (unpaired) electrons. The minimum absolute atomic E-state index is 0.0808. The second-order valence-electron chi connectivity index (χ2n) is 4.40. The second-order valence-corrected chi connectivity index (χ2v) is 4.40. The van der Waals surface area contributed by atoms with Gasteiger partial charge in [-0.1, -0.05) is 12.1 Å². The summed E-state index contributed by atoms with van der Waals surface area (Å²) in [6.45, 7) is 4.43. The zero-order valence-electron chi connectivity index (χ0n) is 9.69. The first-order chi connectivity index (χ1) is 7.75. The van der Waals surface area contributed by atoms with Gasteiger partial charge in [0.05, 0.1) is 13.2 Å². The summed E-state index contributed by atoms with van der Waals surface area (Å²) in [6.07, 6.45) is 1.11. The van der Waals surface area contributed by atoms with Crippen LogP contribution in [-0.2, 0) is 4.74 Å². The first-order valence-electron chi connectivity index (χ1n) is 5.82. The molecule has 1 fully saturated rings. The highest BCUT2D eigenvalue weighted by Gasteiger charge is 2.16. The standard InChI is InChI=1S/C13H19NO2/c1-10(14)12-2-4-13(5-3-12)16-9-11-6-7-15-8-11/h2-5,10-11H,6-9,14H2,1H3. The van der Waals surface area contributed by atoms with Gasteiger partial charge in [0.25, 0.3) is 0 Å². The van der Waals surface area contributed by atoms with Gasteiger partial charge in [-0.2, -0.15) is 0 Å². The number of nitrogens with two attached hydrogens (primary N) is 1. The molecule has 2 N–H and O–H groups in total. The van der Waals surface area contributed by atoms with E-state index in [1.54, 1.807) is 0 Å². The molecule has 0 spiro atoms. The fourth-order valence-corrected chi connectivity index (χ4v) is 1.80. The van der Waals surface area contributed by atoms with Gasteiger partial charge in [0.15, 0.2) is 0 Å². The first kappa shape index (κ1) is 11.4. The molecule has 2 rings (SSSR count). The average Bonchev–Trinajstić information content (AvgIpc) is 2.80. The van der Waals surface area contributed by atoms with E-state index in [4.69, 9.17) is 15.2 Å². The maximum atomic E-state index is 5.78. The van der Waals surface area contributed by atoms with E-state index in [2.05, 4.69) is 0 Å². The Kier molecular flexibility index (Phi) is 3.80. The van der Waals surface area contributed by atoms with Crippen molar-refractivity contribution in [2.45, 2.75) is 19.4 Å². The zero-order valence-corrected chi connectivity index (χ0v) is 9.69. The maximum absolute atomic E-state index is 5.78. The first-order valence-corrected chi connectivity index (χ1v) is 5.82. The van der Waals surface area contributed by atoms with Gasteiger partial charge in [0.2, 0.25) is 0 Å². The van der Waals surface area contributed by atoms with Crippen LogP contribution in [0.25, 0.3) is 0 Å². The molecule has 0 amide bonds. The van der Waals surface area contributed by atoms with E-state index in [-0.39, 0.29) is 6.04 Å². The van der Waals surface area contributed by atoms with Crippen molar-refractivity contribution in [3.05, 3.63) is 29.8 Å². The third kappa shape index (κ3) is 2.97. The molecule has 3 nitrogen and oxygen atoms in total. The van der Waals surface area contributed by atoms with Crippen molar-refractivity contribution in [2.24, 2.45) is 11.7 Å². The van der Waals surface area contributed by atoms with Gasteiger partial charge in [-0.05, 0) is 31.0 Å². The lowest BCUT2D eigenvalue weighted by atomic mass is 10.1. The van der Waals surface area contributed by atoms with Crippen LogP contribution in [0.1, 0.15) is 24.9 Å². The minimum atomic E-state index is 0.0808. The molecule has 88 valence electrons.